The second kappa shape index (κ2) is 4.59. The topological polar surface area (TPSA) is 24.8 Å². The lowest BCUT2D eigenvalue weighted by Crippen LogP contribution is -2.31. The van der Waals surface area contributed by atoms with Crippen molar-refractivity contribution in [2.45, 2.75) is 45.8 Å². The molecule has 0 N–H and O–H groups in total. The van der Waals surface area contributed by atoms with Crippen molar-refractivity contribution < 1.29 is 4.84 Å². The van der Waals surface area contributed by atoms with Crippen molar-refractivity contribution in [3.05, 3.63) is 35.9 Å². The Morgan fingerprint density at radius 2 is 1.90 bits per heavy atom. The normalized spacial score (nSPS) is 26.8. The molecular formula is C17H24N2O. The largest absolute Gasteiger partial charge is 0.240 e. The monoisotopic (exact) mass is 272 g/mol. The molecule has 0 aromatic heterocycles. The summed E-state index contributed by atoms with van der Waals surface area (Å²) in [5, 5.41) is 1.89. The van der Waals surface area contributed by atoms with E-state index in [0.717, 1.165) is 12.3 Å². The molecule has 1 aromatic rings. The fraction of sp³-hybridized carbons (Fsp3) is 0.588. The Labute approximate surface area is 121 Å². The molecule has 1 atom stereocenters. The number of rotatable bonds is 3. The third-order valence-corrected chi connectivity index (χ3v) is 3.94. The summed E-state index contributed by atoms with van der Waals surface area (Å²) in [7, 11) is 1.98. The van der Waals surface area contributed by atoms with Crippen LogP contribution in [0, 0.1) is 11.3 Å². The first-order valence-electron chi connectivity index (χ1n) is 7.48. The van der Waals surface area contributed by atoms with E-state index in [1.54, 1.807) is 0 Å². The zero-order valence-corrected chi connectivity index (χ0v) is 12.9. The predicted molar refractivity (Wildman–Crippen MR) is 81.2 cm³/mol. The highest BCUT2D eigenvalue weighted by atomic mass is 16.7. The van der Waals surface area contributed by atoms with E-state index >= 15 is 0 Å². The van der Waals surface area contributed by atoms with Gasteiger partial charge in [0.1, 0.15) is 5.84 Å². The van der Waals surface area contributed by atoms with Gasteiger partial charge in [-0.25, -0.2) is 14.9 Å². The molecule has 0 bridgehead atoms. The average Bonchev–Trinajstić information content (AvgIpc) is 3.17. The van der Waals surface area contributed by atoms with Crippen molar-refractivity contribution in [2.75, 3.05) is 7.05 Å². The van der Waals surface area contributed by atoms with E-state index in [2.05, 4.69) is 45.0 Å². The maximum Gasteiger partial charge on any atom is 0.215 e. The van der Waals surface area contributed by atoms with Crippen molar-refractivity contribution in [1.29, 1.82) is 0 Å². The Balaban J connectivity index is 1.97. The third-order valence-electron chi connectivity index (χ3n) is 3.94. The van der Waals surface area contributed by atoms with Gasteiger partial charge < -0.3 is 0 Å². The molecule has 1 unspecified atom stereocenters. The minimum atomic E-state index is -0.476. The van der Waals surface area contributed by atoms with E-state index in [0.29, 0.717) is 5.92 Å². The maximum atomic E-state index is 6.25. The smallest absolute Gasteiger partial charge is 0.215 e. The molecule has 1 aromatic carbocycles. The van der Waals surface area contributed by atoms with Crippen LogP contribution in [0.4, 0.5) is 0 Å². The highest BCUT2D eigenvalue weighted by Gasteiger charge is 2.53. The molecule has 0 saturated heterocycles. The van der Waals surface area contributed by atoms with Crippen LogP contribution in [0.25, 0.3) is 0 Å². The van der Waals surface area contributed by atoms with Crippen LogP contribution in [-0.2, 0) is 10.6 Å². The van der Waals surface area contributed by atoms with Crippen LogP contribution in [0.1, 0.15) is 45.6 Å². The van der Waals surface area contributed by atoms with Gasteiger partial charge in [-0.2, -0.15) is 0 Å². The van der Waals surface area contributed by atoms with Gasteiger partial charge in [0.05, 0.1) is 0 Å². The molecule has 3 nitrogen and oxygen atoms in total. The van der Waals surface area contributed by atoms with Gasteiger partial charge >= 0.3 is 0 Å². The minimum absolute atomic E-state index is 0.215. The van der Waals surface area contributed by atoms with Crippen molar-refractivity contribution in [1.82, 2.24) is 5.06 Å². The highest BCUT2D eigenvalue weighted by molar-refractivity contribution is 5.83. The molecule has 1 heterocycles. The van der Waals surface area contributed by atoms with E-state index in [1.807, 2.05) is 18.2 Å². The zero-order chi connectivity index (χ0) is 14.4. The summed E-state index contributed by atoms with van der Waals surface area (Å²) in [6.45, 7) is 6.72. The second-order valence-corrected chi connectivity index (χ2v) is 7.19. The van der Waals surface area contributed by atoms with Gasteiger partial charge in [0.25, 0.3) is 0 Å². The molecule has 1 saturated carbocycles. The summed E-state index contributed by atoms with van der Waals surface area (Å²) in [5.74, 6) is 1.58. The summed E-state index contributed by atoms with van der Waals surface area (Å²) >= 11 is 0. The Morgan fingerprint density at radius 1 is 1.25 bits per heavy atom. The van der Waals surface area contributed by atoms with Gasteiger partial charge in [-0.3, -0.25) is 0 Å². The lowest BCUT2D eigenvalue weighted by molar-refractivity contribution is -0.183. The van der Waals surface area contributed by atoms with Crippen LogP contribution in [-0.4, -0.2) is 17.9 Å². The van der Waals surface area contributed by atoms with E-state index < -0.39 is 5.72 Å². The van der Waals surface area contributed by atoms with E-state index in [-0.39, 0.29) is 5.41 Å². The van der Waals surface area contributed by atoms with Crippen molar-refractivity contribution >= 4 is 5.84 Å². The molecule has 20 heavy (non-hydrogen) atoms. The first-order chi connectivity index (χ1) is 9.41. The lowest BCUT2D eigenvalue weighted by atomic mass is 9.91. The van der Waals surface area contributed by atoms with Crippen LogP contribution in [0.2, 0.25) is 0 Å². The summed E-state index contributed by atoms with van der Waals surface area (Å²) in [6, 6.07) is 10.5. The molecule has 1 aliphatic carbocycles. The third kappa shape index (κ3) is 2.47. The molecule has 0 amide bonds. The quantitative estimate of drug-likeness (QED) is 0.832. The number of benzene rings is 1. The minimum Gasteiger partial charge on any atom is -0.240 e. The Bertz CT molecular complexity index is 514. The molecule has 3 rings (SSSR count). The first kappa shape index (κ1) is 13.6. The van der Waals surface area contributed by atoms with Gasteiger partial charge in [0, 0.05) is 24.9 Å². The van der Waals surface area contributed by atoms with E-state index in [9.17, 15) is 0 Å². The number of hydrogen-bond donors (Lipinski definition) is 0. The van der Waals surface area contributed by atoms with Crippen molar-refractivity contribution in [2.24, 2.45) is 16.3 Å². The maximum absolute atomic E-state index is 6.25. The second-order valence-electron chi connectivity index (χ2n) is 7.19. The molecule has 0 spiro atoms. The Hall–Kier alpha value is -1.35. The molecule has 1 fully saturated rings. The van der Waals surface area contributed by atoms with Crippen LogP contribution in [0.5, 0.6) is 0 Å². The number of nitrogens with zero attached hydrogens (tertiary/aromatic N) is 2. The highest BCUT2D eigenvalue weighted by Crippen LogP contribution is 2.52. The Morgan fingerprint density at radius 3 is 2.45 bits per heavy atom. The first-order valence-corrected chi connectivity index (χ1v) is 7.48. The van der Waals surface area contributed by atoms with Gasteiger partial charge in [-0.15, -0.1) is 0 Å². The van der Waals surface area contributed by atoms with Crippen LogP contribution in [0.3, 0.4) is 0 Å². The van der Waals surface area contributed by atoms with E-state index in [4.69, 9.17) is 9.83 Å². The zero-order valence-electron chi connectivity index (χ0n) is 12.9. The number of hydroxylamine groups is 2. The average molecular weight is 272 g/mol. The molecule has 2 aliphatic rings. The van der Waals surface area contributed by atoms with E-state index in [1.165, 1.54) is 18.4 Å². The van der Waals surface area contributed by atoms with Gasteiger partial charge in [-0.1, -0.05) is 51.1 Å². The molecule has 1 aliphatic heterocycles. The predicted octanol–water partition coefficient (Wildman–Crippen LogP) is 3.96. The van der Waals surface area contributed by atoms with Crippen LogP contribution < -0.4 is 0 Å². The number of hydrogen-bond acceptors (Lipinski definition) is 3. The van der Waals surface area contributed by atoms with Gasteiger partial charge in [-0.05, 0) is 18.3 Å². The molecular weight excluding hydrogens is 248 g/mol. The number of aliphatic imine (C=N–C) groups is 1. The van der Waals surface area contributed by atoms with Crippen molar-refractivity contribution in [3.8, 4) is 0 Å². The van der Waals surface area contributed by atoms with Crippen LogP contribution in [0.15, 0.2) is 35.3 Å². The van der Waals surface area contributed by atoms with Crippen LogP contribution >= 0.6 is 0 Å². The number of amidine groups is 1. The molecule has 108 valence electrons. The molecule has 0 radical (unpaired) electrons. The standard InChI is InChI=1S/C17H24N2O/c1-16(2,3)12-15-18-17(14-10-11-14,20-19(15)4)13-8-6-5-7-9-13/h5-9,14H,10-12H2,1-4H3. The summed E-state index contributed by atoms with van der Waals surface area (Å²) in [6.07, 6.45) is 3.34. The SMILES string of the molecule is CN1OC(c2ccccc2)(C2CC2)N=C1CC(C)(C)C. The summed E-state index contributed by atoms with van der Waals surface area (Å²) in [4.78, 5) is 11.3. The summed E-state index contributed by atoms with van der Waals surface area (Å²) < 4.78 is 0. The fourth-order valence-corrected chi connectivity index (χ4v) is 2.84. The molecule has 3 heteroatoms. The van der Waals surface area contributed by atoms with Crippen molar-refractivity contribution in [3.63, 3.8) is 0 Å². The fourth-order valence-electron chi connectivity index (χ4n) is 2.84. The van der Waals surface area contributed by atoms with Gasteiger partial charge in [0.2, 0.25) is 5.72 Å². The summed E-state index contributed by atoms with van der Waals surface area (Å²) in [5.41, 5.74) is 0.918. The Kier molecular flexibility index (Phi) is 3.13. The lowest BCUT2D eigenvalue weighted by Gasteiger charge is -2.27. The van der Waals surface area contributed by atoms with Gasteiger partial charge in [0.15, 0.2) is 0 Å².